The summed E-state index contributed by atoms with van der Waals surface area (Å²) in [5.74, 6) is 1.76. The fourth-order valence-corrected chi connectivity index (χ4v) is 3.40. The molecule has 3 aromatic rings. The Balaban J connectivity index is 0.00000124. The predicted molar refractivity (Wildman–Crippen MR) is 126 cm³/mol. The quantitative estimate of drug-likeness (QED) is 0.503. The summed E-state index contributed by atoms with van der Waals surface area (Å²) in [6.07, 6.45) is 1.78. The van der Waals surface area contributed by atoms with Gasteiger partial charge >= 0.3 is 0 Å². The molecule has 1 saturated heterocycles. The molecule has 4 rings (SSSR count). The van der Waals surface area contributed by atoms with Crippen molar-refractivity contribution in [3.63, 3.8) is 0 Å². The van der Waals surface area contributed by atoms with Crippen LogP contribution in [0.3, 0.4) is 0 Å². The second kappa shape index (κ2) is 10.4. The third kappa shape index (κ3) is 4.78. The Labute approximate surface area is 178 Å². The molecule has 2 heterocycles. The number of nitrogens with zero attached hydrogens (tertiary/aromatic N) is 4. The Bertz CT molecular complexity index is 957. The number of rotatable bonds is 5. The first kappa shape index (κ1) is 21.3. The lowest BCUT2D eigenvalue weighted by Gasteiger charge is -2.28. The number of benzene rings is 2. The zero-order valence-corrected chi connectivity index (χ0v) is 17.7. The molecule has 0 bridgehead atoms. The van der Waals surface area contributed by atoms with Crippen molar-refractivity contribution in [1.82, 2.24) is 9.55 Å². The Hall–Kier alpha value is -3.38. The highest BCUT2D eigenvalue weighted by Crippen LogP contribution is 2.31. The monoisotopic (exact) mass is 403 g/mol. The van der Waals surface area contributed by atoms with Crippen LogP contribution in [0, 0.1) is 0 Å². The van der Waals surface area contributed by atoms with Crippen LogP contribution in [0.25, 0.3) is 11.3 Å². The van der Waals surface area contributed by atoms with Gasteiger partial charge in [-0.05, 0) is 24.3 Å². The molecule has 30 heavy (non-hydrogen) atoms. The topological polar surface area (TPSA) is 54.7 Å². The zero-order valence-electron chi connectivity index (χ0n) is 17.7. The van der Waals surface area contributed by atoms with Crippen molar-refractivity contribution in [1.29, 1.82) is 0 Å². The van der Waals surface area contributed by atoms with E-state index in [9.17, 15) is 0 Å². The van der Waals surface area contributed by atoms with Crippen LogP contribution < -0.4 is 10.2 Å². The Morgan fingerprint density at radius 1 is 1.03 bits per heavy atom. The maximum absolute atomic E-state index is 5.45. The molecule has 0 aliphatic carbocycles. The highest BCUT2D eigenvalue weighted by atomic mass is 16.5. The number of anilines is 3. The predicted octanol–water partition coefficient (Wildman–Crippen LogP) is 4.52. The third-order valence-electron chi connectivity index (χ3n) is 4.93. The molecular weight excluding hydrogens is 374 g/mol. The van der Waals surface area contributed by atoms with Gasteiger partial charge in [0.05, 0.1) is 19.4 Å². The van der Waals surface area contributed by atoms with Gasteiger partial charge in [0.25, 0.3) is 0 Å². The summed E-state index contributed by atoms with van der Waals surface area (Å²) < 4.78 is 7.48. The second-order valence-corrected chi connectivity index (χ2v) is 6.75. The molecule has 6 nitrogen and oxygen atoms in total. The van der Waals surface area contributed by atoms with E-state index >= 15 is 0 Å². The van der Waals surface area contributed by atoms with Gasteiger partial charge in [-0.15, -0.1) is 13.2 Å². The highest BCUT2D eigenvalue weighted by molar-refractivity contribution is 5.84. The number of para-hydroxylation sites is 1. The number of nitrogens with one attached hydrogen (secondary N) is 1. The third-order valence-corrected chi connectivity index (χ3v) is 4.93. The first-order valence-electron chi connectivity index (χ1n) is 10.0. The fraction of sp³-hybridized carbons (Fsp3) is 0.250. The number of morpholine rings is 1. The van der Waals surface area contributed by atoms with E-state index in [1.165, 1.54) is 5.69 Å². The summed E-state index contributed by atoms with van der Waals surface area (Å²) in [6, 6.07) is 18.7. The molecule has 6 heteroatoms. The van der Waals surface area contributed by atoms with Crippen LogP contribution in [0.15, 0.2) is 72.7 Å². The van der Waals surface area contributed by atoms with Gasteiger partial charge in [0.15, 0.2) is 5.82 Å². The normalized spacial score (nSPS) is 13.7. The second-order valence-electron chi connectivity index (χ2n) is 6.75. The van der Waals surface area contributed by atoms with Gasteiger partial charge in [0.2, 0.25) is 0 Å². The van der Waals surface area contributed by atoms with Gasteiger partial charge in [0.1, 0.15) is 11.5 Å². The van der Waals surface area contributed by atoms with Crippen molar-refractivity contribution in [3.8, 4) is 11.3 Å². The molecule has 1 N–H and O–H groups in total. The van der Waals surface area contributed by atoms with Crippen LogP contribution in [0.1, 0.15) is 5.82 Å². The van der Waals surface area contributed by atoms with Gasteiger partial charge in [0, 0.05) is 44.1 Å². The smallest absolute Gasteiger partial charge is 0.152 e. The number of hydrogen-bond donors (Lipinski definition) is 1. The van der Waals surface area contributed by atoms with E-state index in [0.717, 1.165) is 54.9 Å². The number of imidazole rings is 1. The van der Waals surface area contributed by atoms with Gasteiger partial charge in [-0.2, -0.15) is 0 Å². The first-order valence-corrected chi connectivity index (χ1v) is 10.0. The van der Waals surface area contributed by atoms with E-state index in [2.05, 4.69) is 52.6 Å². The molecule has 0 radical (unpaired) electrons. The van der Waals surface area contributed by atoms with Crippen LogP contribution >= 0.6 is 0 Å². The molecule has 0 atom stereocenters. The van der Waals surface area contributed by atoms with Crippen LogP contribution in [0.4, 0.5) is 17.2 Å². The van der Waals surface area contributed by atoms with Crippen molar-refractivity contribution in [2.24, 2.45) is 12.0 Å². The summed E-state index contributed by atoms with van der Waals surface area (Å²) in [5, 5.41) is 3.51. The van der Waals surface area contributed by atoms with Gasteiger partial charge in [-0.3, -0.25) is 4.99 Å². The molecule has 1 aliphatic heterocycles. The maximum Gasteiger partial charge on any atom is 0.152 e. The molecule has 156 valence electrons. The molecule has 1 aromatic heterocycles. The molecule has 1 aliphatic rings. The molecule has 1 fully saturated rings. The Morgan fingerprint density at radius 2 is 1.70 bits per heavy atom. The number of ether oxygens (including phenoxy) is 1. The minimum atomic E-state index is 0.785. The van der Waals surface area contributed by atoms with Gasteiger partial charge in [-0.25, -0.2) is 4.98 Å². The van der Waals surface area contributed by atoms with Crippen LogP contribution in [0.5, 0.6) is 0 Å². The van der Waals surface area contributed by atoms with Crippen LogP contribution in [-0.4, -0.2) is 49.1 Å². The molecule has 0 amide bonds. The summed E-state index contributed by atoms with van der Waals surface area (Å²) in [4.78, 5) is 11.3. The Morgan fingerprint density at radius 3 is 2.33 bits per heavy atom. The lowest BCUT2D eigenvalue weighted by Crippen LogP contribution is -2.36. The van der Waals surface area contributed by atoms with Crippen LogP contribution in [0.2, 0.25) is 0 Å². The van der Waals surface area contributed by atoms with Crippen molar-refractivity contribution >= 4 is 23.4 Å². The minimum absolute atomic E-state index is 0.785. The number of aromatic nitrogens is 2. The van der Waals surface area contributed by atoms with E-state index in [-0.39, 0.29) is 0 Å². The van der Waals surface area contributed by atoms with Gasteiger partial charge < -0.3 is 19.5 Å². The highest BCUT2D eigenvalue weighted by Gasteiger charge is 2.17. The Kier molecular flexibility index (Phi) is 7.40. The summed E-state index contributed by atoms with van der Waals surface area (Å²) in [5.41, 5.74) is 4.23. The van der Waals surface area contributed by atoms with Crippen molar-refractivity contribution < 1.29 is 4.74 Å². The zero-order chi connectivity index (χ0) is 21.3. The largest absolute Gasteiger partial charge is 0.378 e. The first-order chi connectivity index (χ1) is 14.8. The average Bonchev–Trinajstić information content (AvgIpc) is 3.12. The molecule has 2 aromatic carbocycles. The maximum atomic E-state index is 5.45. The van der Waals surface area contributed by atoms with Crippen molar-refractivity contribution in [2.75, 3.05) is 43.6 Å². The minimum Gasteiger partial charge on any atom is -0.378 e. The number of aliphatic imine (C=N–C) groups is 1. The van der Waals surface area contributed by atoms with E-state index in [1.807, 2.05) is 41.9 Å². The summed E-state index contributed by atoms with van der Waals surface area (Å²) in [6.45, 7) is 9.43. The van der Waals surface area contributed by atoms with E-state index in [0.29, 0.717) is 0 Å². The van der Waals surface area contributed by atoms with Crippen molar-refractivity contribution in [2.45, 2.75) is 0 Å². The molecule has 0 spiro atoms. The molecule has 0 saturated carbocycles. The average molecular weight is 404 g/mol. The van der Waals surface area contributed by atoms with Crippen molar-refractivity contribution in [3.05, 3.63) is 73.6 Å². The fourth-order valence-electron chi connectivity index (χ4n) is 3.40. The van der Waals surface area contributed by atoms with E-state index < -0.39 is 0 Å². The van der Waals surface area contributed by atoms with E-state index in [4.69, 9.17) is 9.72 Å². The SMILES string of the molecule is C=C.CN=Cc1nc(-c2ccc(N3CCOCC3)cc2)c(Nc2ccccc2)n1C. The van der Waals surface area contributed by atoms with Gasteiger partial charge in [-0.1, -0.05) is 30.3 Å². The lowest BCUT2D eigenvalue weighted by atomic mass is 10.1. The van der Waals surface area contributed by atoms with E-state index in [1.54, 1.807) is 13.3 Å². The molecular formula is C24H29N5O. The van der Waals surface area contributed by atoms with Crippen LogP contribution in [-0.2, 0) is 11.8 Å². The summed E-state index contributed by atoms with van der Waals surface area (Å²) in [7, 11) is 3.76. The lowest BCUT2D eigenvalue weighted by molar-refractivity contribution is 0.122. The molecule has 0 unspecified atom stereocenters. The number of hydrogen-bond acceptors (Lipinski definition) is 5. The standard InChI is InChI=1S/C22H25N5O.C2H4/c1-23-16-20-25-21(22(26(20)2)24-18-6-4-3-5-7-18)17-8-10-19(11-9-17)27-12-14-28-15-13-27;1-2/h3-11,16,24H,12-15H2,1-2H3;1-2H2. The summed E-state index contributed by atoms with van der Waals surface area (Å²) >= 11 is 0.